The van der Waals surface area contributed by atoms with Gasteiger partial charge in [0.05, 0.1) is 0 Å². The van der Waals surface area contributed by atoms with Gasteiger partial charge in [-0.1, -0.05) is 0 Å². The maximum Gasteiger partial charge on any atom is 0.488 e. The average molecular weight is 228 g/mol. The Morgan fingerprint density at radius 1 is 1.20 bits per heavy atom. The highest BCUT2D eigenvalue weighted by atomic mass is 28.4. The van der Waals surface area contributed by atoms with Gasteiger partial charge in [-0.3, -0.25) is 0 Å². The van der Waals surface area contributed by atoms with E-state index in [1.165, 1.54) is 12.1 Å². The van der Waals surface area contributed by atoms with Crippen molar-refractivity contribution in [1.29, 1.82) is 0 Å². The molecule has 82 valence electrons. The number of rotatable bonds is 3. The SMILES string of the molecule is C[Si](C)(C)Oc1cc(F)cc(B(O)O)c1. The minimum absolute atomic E-state index is 0.100. The Morgan fingerprint density at radius 3 is 2.27 bits per heavy atom. The van der Waals surface area contributed by atoms with Gasteiger partial charge in [0.25, 0.3) is 0 Å². The van der Waals surface area contributed by atoms with Crippen LogP contribution in [0.4, 0.5) is 4.39 Å². The molecule has 0 unspecified atom stereocenters. The van der Waals surface area contributed by atoms with Crippen LogP contribution < -0.4 is 9.89 Å². The van der Waals surface area contributed by atoms with Crippen molar-refractivity contribution in [2.75, 3.05) is 0 Å². The Morgan fingerprint density at radius 2 is 1.80 bits per heavy atom. The summed E-state index contributed by atoms with van der Waals surface area (Å²) in [4.78, 5) is 0. The van der Waals surface area contributed by atoms with Gasteiger partial charge in [-0.25, -0.2) is 4.39 Å². The van der Waals surface area contributed by atoms with Crippen molar-refractivity contribution in [1.82, 2.24) is 0 Å². The molecule has 0 aromatic heterocycles. The van der Waals surface area contributed by atoms with E-state index in [1.54, 1.807) is 0 Å². The smallest absolute Gasteiger partial charge is 0.488 e. The molecule has 0 saturated heterocycles. The van der Waals surface area contributed by atoms with Crippen molar-refractivity contribution >= 4 is 20.9 Å². The number of hydrogen-bond acceptors (Lipinski definition) is 3. The van der Waals surface area contributed by atoms with Gasteiger partial charge in [-0.2, -0.15) is 0 Å². The summed E-state index contributed by atoms with van der Waals surface area (Å²) in [5.41, 5.74) is 0.100. The fraction of sp³-hybridized carbons (Fsp3) is 0.333. The van der Waals surface area contributed by atoms with Crippen LogP contribution in [0.15, 0.2) is 18.2 Å². The van der Waals surface area contributed by atoms with E-state index in [0.717, 1.165) is 6.07 Å². The Labute approximate surface area is 89.8 Å². The first kappa shape index (κ1) is 12.2. The third kappa shape index (κ3) is 4.03. The zero-order valence-corrected chi connectivity index (χ0v) is 9.99. The molecule has 0 heterocycles. The Hall–Kier alpha value is -0.848. The van der Waals surface area contributed by atoms with Gasteiger partial charge in [-0.15, -0.1) is 0 Å². The van der Waals surface area contributed by atoms with Gasteiger partial charge >= 0.3 is 7.12 Å². The molecular weight excluding hydrogens is 214 g/mol. The molecular formula is C9H14BFO3Si. The average Bonchev–Trinajstić information content (AvgIpc) is 1.99. The first-order valence-corrected chi connectivity index (χ1v) is 8.04. The Balaban J connectivity index is 2.99. The summed E-state index contributed by atoms with van der Waals surface area (Å²) in [5, 5.41) is 17.8. The zero-order valence-electron chi connectivity index (χ0n) is 8.99. The molecule has 6 heteroatoms. The van der Waals surface area contributed by atoms with Gasteiger partial charge in [-0.05, 0) is 37.2 Å². The zero-order chi connectivity index (χ0) is 11.6. The monoisotopic (exact) mass is 228 g/mol. The summed E-state index contributed by atoms with van der Waals surface area (Å²) in [5.74, 6) is -0.189. The third-order valence-corrected chi connectivity index (χ3v) is 2.46. The van der Waals surface area contributed by atoms with E-state index in [9.17, 15) is 4.39 Å². The van der Waals surface area contributed by atoms with Crippen LogP contribution in [0, 0.1) is 5.82 Å². The van der Waals surface area contributed by atoms with Crippen LogP contribution in [-0.2, 0) is 0 Å². The molecule has 0 aliphatic carbocycles. The van der Waals surface area contributed by atoms with E-state index in [2.05, 4.69) is 0 Å². The molecule has 1 rings (SSSR count). The molecule has 0 saturated carbocycles. The third-order valence-electron chi connectivity index (χ3n) is 1.62. The first-order chi connectivity index (χ1) is 6.78. The lowest BCUT2D eigenvalue weighted by atomic mass is 9.80. The molecule has 1 aromatic rings. The number of benzene rings is 1. The van der Waals surface area contributed by atoms with E-state index in [4.69, 9.17) is 14.5 Å². The molecule has 0 bridgehead atoms. The van der Waals surface area contributed by atoms with Gasteiger partial charge in [0, 0.05) is 6.07 Å². The highest BCUT2D eigenvalue weighted by Crippen LogP contribution is 2.16. The predicted octanol–water partition coefficient (Wildman–Crippen LogP) is 0.719. The Kier molecular flexibility index (Phi) is 3.54. The van der Waals surface area contributed by atoms with Crippen molar-refractivity contribution in [2.24, 2.45) is 0 Å². The van der Waals surface area contributed by atoms with Crippen LogP contribution in [0.25, 0.3) is 0 Å². The van der Waals surface area contributed by atoms with Crippen LogP contribution in [0.5, 0.6) is 5.75 Å². The van der Waals surface area contributed by atoms with Crippen molar-refractivity contribution in [3.63, 3.8) is 0 Å². The highest BCUT2D eigenvalue weighted by Gasteiger charge is 2.19. The van der Waals surface area contributed by atoms with Crippen molar-refractivity contribution < 1.29 is 18.9 Å². The first-order valence-electron chi connectivity index (χ1n) is 4.63. The van der Waals surface area contributed by atoms with Crippen molar-refractivity contribution in [3.8, 4) is 5.75 Å². The van der Waals surface area contributed by atoms with E-state index >= 15 is 0 Å². The quantitative estimate of drug-likeness (QED) is 0.749. The van der Waals surface area contributed by atoms with E-state index < -0.39 is 21.3 Å². The molecule has 0 atom stereocenters. The fourth-order valence-electron chi connectivity index (χ4n) is 1.15. The van der Waals surface area contributed by atoms with Crippen LogP contribution in [-0.4, -0.2) is 25.5 Å². The second kappa shape index (κ2) is 4.34. The fourth-order valence-corrected chi connectivity index (χ4v) is 1.97. The lowest BCUT2D eigenvalue weighted by molar-refractivity contribution is 0.425. The normalized spacial score (nSPS) is 11.3. The molecule has 1 aromatic carbocycles. The van der Waals surface area contributed by atoms with Crippen LogP contribution >= 0.6 is 0 Å². The number of halogens is 1. The minimum Gasteiger partial charge on any atom is -0.544 e. The van der Waals surface area contributed by atoms with Crippen LogP contribution in [0.3, 0.4) is 0 Å². The highest BCUT2D eigenvalue weighted by molar-refractivity contribution is 6.70. The molecule has 0 aliphatic rings. The predicted molar refractivity (Wildman–Crippen MR) is 60.2 cm³/mol. The minimum atomic E-state index is -1.81. The number of hydrogen-bond donors (Lipinski definition) is 2. The van der Waals surface area contributed by atoms with Crippen LogP contribution in [0.2, 0.25) is 19.6 Å². The van der Waals surface area contributed by atoms with Crippen molar-refractivity contribution in [2.45, 2.75) is 19.6 Å². The maximum atomic E-state index is 13.1. The topological polar surface area (TPSA) is 49.7 Å². The molecule has 15 heavy (non-hydrogen) atoms. The van der Waals surface area contributed by atoms with E-state index in [0.29, 0.717) is 5.75 Å². The summed E-state index contributed by atoms with van der Waals surface area (Å²) in [6.45, 7) is 5.90. The second-order valence-corrected chi connectivity index (χ2v) is 8.74. The van der Waals surface area contributed by atoms with Gasteiger partial charge in [0.15, 0.2) is 0 Å². The molecule has 0 amide bonds. The van der Waals surface area contributed by atoms with E-state index in [-0.39, 0.29) is 5.46 Å². The standard InChI is InChI=1S/C9H14BFO3Si/c1-15(2,3)14-9-5-7(10(12)13)4-8(11)6-9/h4-6,12-13H,1-3H3. The molecule has 2 N–H and O–H groups in total. The summed E-state index contributed by atoms with van der Waals surface area (Å²) in [6, 6.07) is 3.75. The lowest BCUT2D eigenvalue weighted by Crippen LogP contribution is -2.33. The summed E-state index contributed by atoms with van der Waals surface area (Å²) < 4.78 is 18.6. The maximum absolute atomic E-state index is 13.1. The second-order valence-electron chi connectivity index (χ2n) is 4.31. The molecule has 0 fully saturated rings. The molecule has 0 radical (unpaired) electrons. The van der Waals surface area contributed by atoms with Crippen LogP contribution in [0.1, 0.15) is 0 Å². The summed E-state index contributed by atoms with van der Waals surface area (Å²) in [6.07, 6.45) is 0. The molecule has 0 aliphatic heterocycles. The Bertz CT molecular complexity index is 352. The largest absolute Gasteiger partial charge is 0.544 e. The van der Waals surface area contributed by atoms with Gasteiger partial charge in [0.2, 0.25) is 8.32 Å². The molecule has 0 spiro atoms. The summed E-state index contributed by atoms with van der Waals surface area (Å²) >= 11 is 0. The van der Waals surface area contributed by atoms with Gasteiger partial charge < -0.3 is 14.5 Å². The van der Waals surface area contributed by atoms with Crippen molar-refractivity contribution in [3.05, 3.63) is 24.0 Å². The van der Waals surface area contributed by atoms with E-state index in [1.807, 2.05) is 19.6 Å². The summed E-state index contributed by atoms with van der Waals surface area (Å²) in [7, 11) is -3.48. The lowest BCUT2D eigenvalue weighted by Gasteiger charge is -2.19. The molecule has 3 nitrogen and oxygen atoms in total. The van der Waals surface area contributed by atoms with Gasteiger partial charge in [0.1, 0.15) is 11.6 Å².